The van der Waals surface area contributed by atoms with Crippen molar-refractivity contribution in [1.82, 2.24) is 0 Å². The van der Waals surface area contributed by atoms with Crippen molar-refractivity contribution in [2.24, 2.45) is 0 Å². The molecule has 0 saturated carbocycles. The van der Waals surface area contributed by atoms with Gasteiger partial charge in [-0.15, -0.1) is 0 Å². The van der Waals surface area contributed by atoms with E-state index in [0.717, 1.165) is 30.0 Å². The van der Waals surface area contributed by atoms with Gasteiger partial charge in [0.2, 0.25) is 0 Å². The number of hydrogen-bond donors (Lipinski definition) is 1. The fourth-order valence-corrected chi connectivity index (χ4v) is 4.25. The lowest BCUT2D eigenvalue weighted by Gasteiger charge is -2.25. The van der Waals surface area contributed by atoms with Crippen LogP contribution >= 0.6 is 0 Å². The molecule has 0 radical (unpaired) electrons. The lowest BCUT2D eigenvalue weighted by Crippen LogP contribution is -2.35. The lowest BCUT2D eigenvalue weighted by atomic mass is 10.2. The van der Waals surface area contributed by atoms with Crippen LogP contribution in [0.2, 0.25) is 0 Å². The summed E-state index contributed by atoms with van der Waals surface area (Å²) in [5.74, 6) is 0. The Balaban J connectivity index is 1.86. The molecule has 0 amide bonds. The fourth-order valence-electron chi connectivity index (χ4n) is 2.78. The summed E-state index contributed by atoms with van der Waals surface area (Å²) >= 11 is 0. The molecule has 0 heterocycles. The highest BCUT2D eigenvalue weighted by molar-refractivity contribution is 7.92. The summed E-state index contributed by atoms with van der Waals surface area (Å²) in [5, 5.41) is 3.14. The van der Waals surface area contributed by atoms with Crippen molar-refractivity contribution in [3.05, 3.63) is 90.5 Å². The molecular formula is C21H19F3N2O2S. The van der Waals surface area contributed by atoms with Crippen molar-refractivity contribution < 1.29 is 21.6 Å². The lowest BCUT2D eigenvalue weighted by molar-refractivity contribution is -0.137. The van der Waals surface area contributed by atoms with Gasteiger partial charge in [-0.2, -0.15) is 13.2 Å². The molecule has 0 aromatic heterocycles. The molecule has 0 aliphatic heterocycles. The molecular weight excluding hydrogens is 401 g/mol. The minimum atomic E-state index is -4.53. The third kappa shape index (κ3) is 5.08. The minimum Gasteiger partial charge on any atom is -0.383 e. The molecule has 8 heteroatoms. The van der Waals surface area contributed by atoms with Crippen molar-refractivity contribution in [1.29, 1.82) is 0 Å². The van der Waals surface area contributed by atoms with Crippen molar-refractivity contribution in [3.63, 3.8) is 0 Å². The number of rotatable bonds is 7. The standard InChI is InChI=1S/C21H19F3N2O2S/c22-21(23,24)17-11-13-20(14-12-17)29(27,28)26(19-9-5-2-6-10-19)16-15-25-18-7-3-1-4-8-18/h1-14,25H,15-16H2. The highest BCUT2D eigenvalue weighted by Gasteiger charge is 2.31. The maximum Gasteiger partial charge on any atom is 0.416 e. The monoisotopic (exact) mass is 420 g/mol. The van der Waals surface area contributed by atoms with E-state index < -0.39 is 21.8 Å². The highest BCUT2D eigenvalue weighted by Crippen LogP contribution is 2.31. The number of para-hydroxylation sites is 2. The number of nitrogens with zero attached hydrogens (tertiary/aromatic N) is 1. The molecule has 0 saturated heterocycles. The second-order valence-electron chi connectivity index (χ2n) is 6.23. The zero-order valence-electron chi connectivity index (χ0n) is 15.3. The van der Waals surface area contributed by atoms with Crippen LogP contribution in [0.25, 0.3) is 0 Å². The number of nitrogens with one attached hydrogen (secondary N) is 1. The van der Waals surface area contributed by atoms with Gasteiger partial charge >= 0.3 is 6.18 Å². The average Bonchev–Trinajstić information content (AvgIpc) is 2.72. The molecule has 0 aliphatic rings. The fraction of sp³-hybridized carbons (Fsp3) is 0.143. The molecule has 0 bridgehead atoms. The Kier molecular flexibility index (Phi) is 6.12. The van der Waals surface area contributed by atoms with Gasteiger partial charge in [0, 0.05) is 12.2 Å². The van der Waals surface area contributed by atoms with Crippen LogP contribution < -0.4 is 9.62 Å². The van der Waals surface area contributed by atoms with E-state index in [2.05, 4.69) is 5.32 Å². The molecule has 3 aromatic carbocycles. The van der Waals surface area contributed by atoms with Crippen molar-refractivity contribution in [3.8, 4) is 0 Å². The van der Waals surface area contributed by atoms with Gasteiger partial charge in [-0.3, -0.25) is 4.31 Å². The van der Waals surface area contributed by atoms with E-state index in [0.29, 0.717) is 12.2 Å². The summed E-state index contributed by atoms with van der Waals surface area (Å²) in [6, 6.07) is 21.3. The molecule has 0 fully saturated rings. The summed E-state index contributed by atoms with van der Waals surface area (Å²) in [7, 11) is -4.04. The molecule has 152 valence electrons. The van der Waals surface area contributed by atoms with E-state index in [1.807, 2.05) is 30.3 Å². The summed E-state index contributed by atoms with van der Waals surface area (Å²) in [4.78, 5) is -0.200. The van der Waals surface area contributed by atoms with E-state index in [-0.39, 0.29) is 11.4 Å². The largest absolute Gasteiger partial charge is 0.416 e. The molecule has 29 heavy (non-hydrogen) atoms. The van der Waals surface area contributed by atoms with Gasteiger partial charge in [-0.25, -0.2) is 8.42 Å². The molecule has 0 aliphatic carbocycles. The van der Waals surface area contributed by atoms with E-state index in [9.17, 15) is 21.6 Å². The van der Waals surface area contributed by atoms with Crippen LogP contribution in [0.1, 0.15) is 5.56 Å². The smallest absolute Gasteiger partial charge is 0.383 e. The second-order valence-corrected chi connectivity index (χ2v) is 8.09. The molecule has 0 unspecified atom stereocenters. The van der Waals surface area contributed by atoms with Crippen molar-refractivity contribution in [2.75, 3.05) is 22.7 Å². The Labute approximate surface area is 167 Å². The second kappa shape index (κ2) is 8.57. The van der Waals surface area contributed by atoms with E-state index in [1.165, 1.54) is 4.31 Å². The maximum absolute atomic E-state index is 13.2. The van der Waals surface area contributed by atoms with Gasteiger partial charge in [0.05, 0.1) is 22.7 Å². The predicted octanol–water partition coefficient (Wildman–Crippen LogP) is 5.01. The first-order valence-electron chi connectivity index (χ1n) is 8.82. The Morgan fingerprint density at radius 3 is 1.90 bits per heavy atom. The van der Waals surface area contributed by atoms with Gasteiger partial charge in [-0.1, -0.05) is 36.4 Å². The van der Waals surface area contributed by atoms with E-state index in [4.69, 9.17) is 0 Å². The van der Waals surface area contributed by atoms with Crippen molar-refractivity contribution >= 4 is 21.4 Å². The zero-order chi connectivity index (χ0) is 20.9. The Morgan fingerprint density at radius 1 is 0.793 bits per heavy atom. The van der Waals surface area contributed by atoms with Crippen LogP contribution in [0.3, 0.4) is 0 Å². The molecule has 4 nitrogen and oxygen atoms in total. The first kappa shape index (κ1) is 20.7. The molecule has 1 N–H and O–H groups in total. The van der Waals surface area contributed by atoms with Crippen LogP contribution in [0.15, 0.2) is 89.8 Å². The Bertz CT molecular complexity index is 1020. The average molecular weight is 420 g/mol. The number of alkyl halides is 3. The van der Waals surface area contributed by atoms with Crippen LogP contribution in [0, 0.1) is 0 Å². The minimum absolute atomic E-state index is 0.0995. The first-order chi connectivity index (χ1) is 13.8. The molecule has 0 spiro atoms. The number of sulfonamides is 1. The van der Waals surface area contributed by atoms with Gasteiger partial charge < -0.3 is 5.32 Å². The maximum atomic E-state index is 13.2. The Morgan fingerprint density at radius 2 is 1.34 bits per heavy atom. The summed E-state index contributed by atoms with van der Waals surface area (Å²) in [5.41, 5.74) is 0.378. The van der Waals surface area contributed by atoms with Gasteiger partial charge in [0.25, 0.3) is 10.0 Å². The number of benzene rings is 3. The van der Waals surface area contributed by atoms with Gasteiger partial charge in [0.15, 0.2) is 0 Å². The van der Waals surface area contributed by atoms with Gasteiger partial charge in [0.1, 0.15) is 0 Å². The SMILES string of the molecule is O=S(=O)(c1ccc(C(F)(F)F)cc1)N(CCNc1ccccc1)c1ccccc1. The molecule has 0 atom stereocenters. The third-order valence-electron chi connectivity index (χ3n) is 4.23. The normalized spacial score (nSPS) is 11.8. The molecule has 3 aromatic rings. The van der Waals surface area contributed by atoms with E-state index >= 15 is 0 Å². The number of halogens is 3. The van der Waals surface area contributed by atoms with Crippen LogP contribution in [0.4, 0.5) is 24.5 Å². The third-order valence-corrected chi connectivity index (χ3v) is 6.07. The van der Waals surface area contributed by atoms with Crippen LogP contribution in [-0.2, 0) is 16.2 Å². The van der Waals surface area contributed by atoms with Crippen LogP contribution in [-0.4, -0.2) is 21.5 Å². The number of anilines is 2. The number of hydrogen-bond acceptors (Lipinski definition) is 3. The summed E-state index contributed by atoms with van der Waals surface area (Å²) in [6.45, 7) is 0.418. The van der Waals surface area contributed by atoms with Crippen LogP contribution in [0.5, 0.6) is 0 Å². The van der Waals surface area contributed by atoms with Gasteiger partial charge in [-0.05, 0) is 48.5 Å². The first-order valence-corrected chi connectivity index (χ1v) is 10.3. The summed E-state index contributed by atoms with van der Waals surface area (Å²) in [6.07, 6.45) is -4.53. The molecule has 3 rings (SSSR count). The predicted molar refractivity (Wildman–Crippen MR) is 107 cm³/mol. The topological polar surface area (TPSA) is 49.4 Å². The highest BCUT2D eigenvalue weighted by atomic mass is 32.2. The van der Waals surface area contributed by atoms with Crippen molar-refractivity contribution in [2.45, 2.75) is 11.1 Å². The quantitative estimate of drug-likeness (QED) is 0.584. The zero-order valence-corrected chi connectivity index (χ0v) is 16.1. The summed E-state index contributed by atoms with van der Waals surface area (Å²) < 4.78 is 65.9. The Hall–Kier alpha value is -3.00. The van der Waals surface area contributed by atoms with E-state index in [1.54, 1.807) is 30.3 Å².